The third-order valence-electron chi connectivity index (χ3n) is 1.80. The van der Waals surface area contributed by atoms with E-state index in [0.717, 1.165) is 0 Å². The van der Waals surface area contributed by atoms with Crippen molar-refractivity contribution < 1.29 is 32.2 Å². The molecule has 0 bridgehead atoms. The van der Waals surface area contributed by atoms with Gasteiger partial charge in [-0.25, -0.2) is 9.59 Å². The molecule has 9 heteroatoms. The maximum Gasteiger partial charge on any atom is 0.441 e. The van der Waals surface area contributed by atoms with Crippen molar-refractivity contribution in [3.05, 3.63) is 0 Å². The number of hydrogen-bond donors (Lipinski definition) is 1. The number of nitrogens with one attached hydrogen (secondary N) is 1. The summed E-state index contributed by atoms with van der Waals surface area (Å²) in [5, 5.41) is 2.11. The van der Waals surface area contributed by atoms with Crippen molar-refractivity contribution in [1.82, 2.24) is 5.32 Å². The predicted octanol–water partition coefficient (Wildman–Crippen LogP) is 3.47. The van der Waals surface area contributed by atoms with Gasteiger partial charge in [0.1, 0.15) is 17.2 Å². The first-order valence-electron chi connectivity index (χ1n) is 6.52. The number of ether oxygens (including phenoxy) is 2. The molecule has 0 saturated heterocycles. The molecule has 1 unspecified atom stereocenters. The van der Waals surface area contributed by atoms with Gasteiger partial charge in [-0.15, -0.1) is 0 Å². The molecule has 1 atom stereocenters. The maximum absolute atomic E-state index is 12.3. The summed E-state index contributed by atoms with van der Waals surface area (Å²) in [6.45, 7) is 9.52. The third-order valence-corrected chi connectivity index (χ3v) is 2.62. The molecule has 1 amide bonds. The fraction of sp³-hybridized carbons (Fsp3) is 0.846. The highest BCUT2D eigenvalue weighted by molar-refractivity contribution is 8.00. The lowest BCUT2D eigenvalue weighted by molar-refractivity contribution is -0.156. The smallest absolute Gasteiger partial charge is 0.441 e. The molecular weight excluding hydrogens is 323 g/mol. The Morgan fingerprint density at radius 1 is 1.00 bits per heavy atom. The van der Waals surface area contributed by atoms with Gasteiger partial charge < -0.3 is 14.8 Å². The van der Waals surface area contributed by atoms with Crippen molar-refractivity contribution in [2.45, 2.75) is 64.3 Å². The van der Waals surface area contributed by atoms with E-state index in [4.69, 9.17) is 9.47 Å². The van der Waals surface area contributed by atoms with Crippen LogP contribution in [0.4, 0.5) is 18.0 Å². The van der Waals surface area contributed by atoms with Crippen LogP contribution < -0.4 is 5.32 Å². The van der Waals surface area contributed by atoms with Gasteiger partial charge in [0.25, 0.3) is 0 Å². The fourth-order valence-corrected chi connectivity index (χ4v) is 1.74. The van der Waals surface area contributed by atoms with Crippen LogP contribution in [-0.4, -0.2) is 40.6 Å². The Balaban J connectivity index is 4.86. The van der Waals surface area contributed by atoms with Crippen LogP contribution in [0, 0.1) is 0 Å². The standard InChI is InChI=1S/C13H22F3NO4S/c1-11(2,3)20-9(18)8(7-22-13(14,15)16)17-10(19)21-12(4,5)6/h8H,7H2,1-6H3,(H,17,19). The highest BCUT2D eigenvalue weighted by Crippen LogP contribution is 2.30. The summed E-state index contributed by atoms with van der Waals surface area (Å²) in [4.78, 5) is 23.5. The molecule has 0 aliphatic rings. The fourth-order valence-electron chi connectivity index (χ4n) is 1.17. The summed E-state index contributed by atoms with van der Waals surface area (Å²) < 4.78 is 46.8. The Morgan fingerprint density at radius 2 is 1.45 bits per heavy atom. The first-order valence-corrected chi connectivity index (χ1v) is 7.51. The quantitative estimate of drug-likeness (QED) is 0.791. The van der Waals surface area contributed by atoms with Crippen molar-refractivity contribution in [2.75, 3.05) is 5.75 Å². The van der Waals surface area contributed by atoms with Gasteiger partial charge >= 0.3 is 17.6 Å². The molecule has 0 aliphatic carbocycles. The third kappa shape index (κ3) is 11.5. The first kappa shape index (κ1) is 20.9. The second-order valence-electron chi connectivity index (χ2n) is 6.49. The van der Waals surface area contributed by atoms with Crippen LogP contribution in [0.15, 0.2) is 0 Å². The summed E-state index contributed by atoms with van der Waals surface area (Å²) in [5.74, 6) is -1.65. The zero-order valence-corrected chi connectivity index (χ0v) is 14.3. The molecule has 22 heavy (non-hydrogen) atoms. The Labute approximate surface area is 132 Å². The van der Waals surface area contributed by atoms with E-state index in [9.17, 15) is 22.8 Å². The molecule has 0 aromatic heterocycles. The van der Waals surface area contributed by atoms with Crippen molar-refractivity contribution >= 4 is 23.8 Å². The monoisotopic (exact) mass is 345 g/mol. The summed E-state index contributed by atoms with van der Waals surface area (Å²) in [6.07, 6.45) is -0.980. The molecule has 0 rings (SSSR count). The summed E-state index contributed by atoms with van der Waals surface area (Å²) in [7, 11) is 0. The maximum atomic E-state index is 12.3. The van der Waals surface area contributed by atoms with Crippen LogP contribution in [0.2, 0.25) is 0 Å². The van der Waals surface area contributed by atoms with Gasteiger partial charge in [-0.2, -0.15) is 13.2 Å². The van der Waals surface area contributed by atoms with Gasteiger partial charge in [0, 0.05) is 5.75 Å². The number of alkyl halides is 3. The second kappa shape index (κ2) is 7.43. The van der Waals surface area contributed by atoms with Crippen LogP contribution in [0.25, 0.3) is 0 Å². The molecule has 0 aromatic rings. The van der Waals surface area contributed by atoms with Crippen LogP contribution in [0.1, 0.15) is 41.5 Å². The van der Waals surface area contributed by atoms with Crippen molar-refractivity contribution in [3.8, 4) is 0 Å². The Kier molecular flexibility index (Phi) is 7.05. The molecule has 0 heterocycles. The van der Waals surface area contributed by atoms with E-state index >= 15 is 0 Å². The number of amides is 1. The van der Waals surface area contributed by atoms with Crippen LogP contribution in [0.5, 0.6) is 0 Å². The molecule has 0 fully saturated rings. The number of thioether (sulfide) groups is 1. The predicted molar refractivity (Wildman–Crippen MR) is 77.5 cm³/mol. The number of alkyl carbamates (subject to hydrolysis) is 1. The average Bonchev–Trinajstić information content (AvgIpc) is 2.17. The highest BCUT2D eigenvalue weighted by Gasteiger charge is 2.34. The van der Waals surface area contributed by atoms with Gasteiger partial charge in [0.2, 0.25) is 0 Å². The minimum Gasteiger partial charge on any atom is -0.458 e. The number of hydrogen-bond acceptors (Lipinski definition) is 5. The number of carbonyl (C=O) groups is 2. The molecule has 0 spiro atoms. The van der Waals surface area contributed by atoms with Gasteiger partial charge in [0.05, 0.1) is 0 Å². The van der Waals surface area contributed by atoms with E-state index in [1.807, 2.05) is 0 Å². The largest absolute Gasteiger partial charge is 0.458 e. The minimum absolute atomic E-state index is 0.415. The first-order chi connectivity index (χ1) is 9.59. The molecule has 5 nitrogen and oxygen atoms in total. The molecule has 0 aliphatic heterocycles. The minimum atomic E-state index is -4.52. The van der Waals surface area contributed by atoms with E-state index in [-0.39, 0.29) is 0 Å². The Morgan fingerprint density at radius 3 is 1.82 bits per heavy atom. The lowest BCUT2D eigenvalue weighted by Crippen LogP contribution is -2.47. The summed E-state index contributed by atoms with van der Waals surface area (Å²) in [5.41, 5.74) is -6.23. The molecule has 0 saturated carbocycles. The number of rotatable bonds is 4. The Bertz CT molecular complexity index is 400. The number of halogens is 3. The normalized spacial score (nSPS) is 14.2. The second-order valence-corrected chi connectivity index (χ2v) is 7.57. The number of carbonyl (C=O) groups excluding carboxylic acids is 2. The van der Waals surface area contributed by atoms with Gasteiger partial charge in [-0.05, 0) is 53.3 Å². The number of esters is 1. The lowest BCUT2D eigenvalue weighted by Gasteiger charge is -2.26. The van der Waals surface area contributed by atoms with E-state index in [1.165, 1.54) is 0 Å². The Hall–Kier alpha value is -1.12. The SMILES string of the molecule is CC(C)(C)OC(=O)NC(CSC(F)(F)F)C(=O)OC(C)(C)C. The van der Waals surface area contributed by atoms with Crippen molar-refractivity contribution in [3.63, 3.8) is 0 Å². The lowest BCUT2D eigenvalue weighted by atomic mass is 10.2. The van der Waals surface area contributed by atoms with E-state index < -0.39 is 52.3 Å². The van der Waals surface area contributed by atoms with Gasteiger partial charge in [0.15, 0.2) is 0 Å². The summed E-state index contributed by atoms with van der Waals surface area (Å²) >= 11 is -0.415. The van der Waals surface area contributed by atoms with E-state index in [0.29, 0.717) is 0 Å². The van der Waals surface area contributed by atoms with Crippen LogP contribution in [-0.2, 0) is 14.3 Å². The summed E-state index contributed by atoms with van der Waals surface area (Å²) in [6, 6.07) is -1.46. The van der Waals surface area contributed by atoms with Crippen LogP contribution >= 0.6 is 11.8 Å². The molecule has 0 radical (unpaired) electrons. The van der Waals surface area contributed by atoms with Crippen molar-refractivity contribution in [2.24, 2.45) is 0 Å². The van der Waals surface area contributed by atoms with E-state index in [2.05, 4.69) is 5.32 Å². The molecular formula is C13H22F3NO4S. The highest BCUT2D eigenvalue weighted by atomic mass is 32.2. The molecule has 130 valence electrons. The van der Waals surface area contributed by atoms with Crippen LogP contribution in [0.3, 0.4) is 0 Å². The van der Waals surface area contributed by atoms with Gasteiger partial charge in [-0.3, -0.25) is 0 Å². The zero-order valence-electron chi connectivity index (χ0n) is 13.5. The topological polar surface area (TPSA) is 64.6 Å². The molecule has 1 N–H and O–H groups in total. The average molecular weight is 345 g/mol. The van der Waals surface area contributed by atoms with Crippen molar-refractivity contribution in [1.29, 1.82) is 0 Å². The van der Waals surface area contributed by atoms with Gasteiger partial charge in [-0.1, -0.05) is 0 Å². The zero-order chi connectivity index (χ0) is 17.8. The van der Waals surface area contributed by atoms with E-state index in [1.54, 1.807) is 41.5 Å². The molecule has 0 aromatic carbocycles.